The van der Waals surface area contributed by atoms with Crippen LogP contribution >= 0.6 is 0 Å². The van der Waals surface area contributed by atoms with Crippen LogP contribution in [-0.4, -0.2) is 0 Å². The van der Waals surface area contributed by atoms with Crippen LogP contribution in [0.25, 0.3) is 0 Å². The molecule has 0 unspecified atom stereocenters. The highest BCUT2D eigenvalue weighted by Crippen LogP contribution is 2.26. The van der Waals surface area contributed by atoms with E-state index in [-0.39, 0.29) is 0 Å². The van der Waals surface area contributed by atoms with Crippen molar-refractivity contribution in [2.24, 2.45) is 0 Å². The topological polar surface area (TPSA) is 0 Å². The molecule has 0 atom stereocenters. The standard InChI is InChI=1S/C13H20.C3H8/c1-9(2)12-7-6-8-13(10(3)4)11(12)5;1-3-2/h6-10H,1-5H3;3H2,1-2H3. The molecule has 0 saturated carbocycles. The van der Waals surface area contributed by atoms with Gasteiger partial charge in [-0.3, -0.25) is 0 Å². The number of hydrogen-bond acceptors (Lipinski definition) is 0. The van der Waals surface area contributed by atoms with E-state index >= 15 is 0 Å². The zero-order chi connectivity index (χ0) is 12.7. The molecule has 1 aromatic carbocycles. The number of hydrogen-bond donors (Lipinski definition) is 0. The molecular weight excluding hydrogens is 192 g/mol. The smallest absolute Gasteiger partial charge is 0.0216 e. The van der Waals surface area contributed by atoms with Crippen molar-refractivity contribution in [3.05, 3.63) is 34.9 Å². The minimum Gasteiger partial charge on any atom is -0.0656 e. The summed E-state index contributed by atoms with van der Waals surface area (Å²) in [5, 5.41) is 0. The van der Waals surface area contributed by atoms with E-state index in [0.29, 0.717) is 11.8 Å². The Balaban J connectivity index is 0.000000673. The molecule has 92 valence electrons. The largest absolute Gasteiger partial charge is 0.0656 e. The zero-order valence-electron chi connectivity index (χ0n) is 12.1. The Bertz CT molecular complexity index is 269. The van der Waals surface area contributed by atoms with E-state index in [1.807, 2.05) is 0 Å². The molecule has 0 aliphatic rings. The van der Waals surface area contributed by atoms with Crippen molar-refractivity contribution >= 4 is 0 Å². The Hall–Kier alpha value is -0.780. The lowest BCUT2D eigenvalue weighted by molar-refractivity contribution is 0.817. The monoisotopic (exact) mass is 220 g/mol. The van der Waals surface area contributed by atoms with Gasteiger partial charge in [0.25, 0.3) is 0 Å². The van der Waals surface area contributed by atoms with E-state index in [9.17, 15) is 0 Å². The molecule has 0 aromatic heterocycles. The fraction of sp³-hybridized carbons (Fsp3) is 0.625. The fourth-order valence-electron chi connectivity index (χ4n) is 1.92. The SMILES string of the molecule is CCC.Cc1c(C(C)C)cccc1C(C)C. The first kappa shape index (κ1) is 15.2. The molecule has 0 radical (unpaired) electrons. The first-order valence-corrected chi connectivity index (χ1v) is 6.54. The molecule has 0 aliphatic carbocycles. The Labute approximate surface area is 102 Å². The van der Waals surface area contributed by atoms with Gasteiger partial charge in [0.1, 0.15) is 0 Å². The van der Waals surface area contributed by atoms with Gasteiger partial charge < -0.3 is 0 Å². The first-order valence-electron chi connectivity index (χ1n) is 6.54. The van der Waals surface area contributed by atoms with Crippen LogP contribution in [0.5, 0.6) is 0 Å². The molecule has 0 spiro atoms. The lowest BCUT2D eigenvalue weighted by Gasteiger charge is -2.16. The minimum atomic E-state index is 0.638. The van der Waals surface area contributed by atoms with Gasteiger partial charge in [-0.05, 0) is 35.4 Å². The van der Waals surface area contributed by atoms with Crippen molar-refractivity contribution in [3.8, 4) is 0 Å². The van der Waals surface area contributed by atoms with Crippen LogP contribution in [0, 0.1) is 6.92 Å². The van der Waals surface area contributed by atoms with E-state index in [1.165, 1.54) is 23.1 Å². The molecule has 1 aromatic rings. The summed E-state index contributed by atoms with van der Waals surface area (Å²) < 4.78 is 0. The number of rotatable bonds is 2. The van der Waals surface area contributed by atoms with Gasteiger partial charge in [0.2, 0.25) is 0 Å². The zero-order valence-corrected chi connectivity index (χ0v) is 12.1. The summed E-state index contributed by atoms with van der Waals surface area (Å²) in [6.45, 7) is 15.5. The maximum Gasteiger partial charge on any atom is -0.0216 e. The van der Waals surface area contributed by atoms with Gasteiger partial charge in [0, 0.05) is 0 Å². The average Bonchev–Trinajstić information content (AvgIpc) is 2.18. The second kappa shape index (κ2) is 7.49. The quantitative estimate of drug-likeness (QED) is 0.603. The van der Waals surface area contributed by atoms with Crippen LogP contribution in [0.4, 0.5) is 0 Å². The summed E-state index contributed by atoms with van der Waals surface area (Å²) in [5.41, 5.74) is 4.46. The third kappa shape index (κ3) is 4.38. The van der Waals surface area contributed by atoms with E-state index in [0.717, 1.165) is 0 Å². The van der Waals surface area contributed by atoms with Gasteiger partial charge in [-0.15, -0.1) is 0 Å². The summed E-state index contributed by atoms with van der Waals surface area (Å²) in [7, 11) is 0. The maximum absolute atomic E-state index is 2.26. The highest BCUT2D eigenvalue weighted by molar-refractivity contribution is 5.37. The minimum absolute atomic E-state index is 0.638. The van der Waals surface area contributed by atoms with E-state index in [4.69, 9.17) is 0 Å². The highest BCUT2D eigenvalue weighted by Gasteiger charge is 2.08. The van der Waals surface area contributed by atoms with Crippen LogP contribution in [0.15, 0.2) is 18.2 Å². The van der Waals surface area contributed by atoms with E-state index in [1.54, 1.807) is 0 Å². The van der Waals surface area contributed by atoms with Gasteiger partial charge in [-0.2, -0.15) is 0 Å². The Morgan fingerprint density at radius 2 is 1.19 bits per heavy atom. The lowest BCUT2D eigenvalue weighted by Crippen LogP contribution is -1.98. The van der Waals surface area contributed by atoms with Crippen molar-refractivity contribution in [3.63, 3.8) is 0 Å². The predicted molar refractivity (Wildman–Crippen MR) is 75.3 cm³/mol. The third-order valence-electron chi connectivity index (χ3n) is 2.66. The summed E-state index contributed by atoms with van der Waals surface area (Å²) in [5.74, 6) is 1.28. The molecule has 16 heavy (non-hydrogen) atoms. The summed E-state index contributed by atoms with van der Waals surface area (Å²) >= 11 is 0. The average molecular weight is 220 g/mol. The van der Waals surface area contributed by atoms with Gasteiger partial charge in [-0.1, -0.05) is 66.2 Å². The Morgan fingerprint density at radius 3 is 1.44 bits per heavy atom. The maximum atomic E-state index is 2.26. The normalized spacial score (nSPS) is 10.3. The molecule has 0 bridgehead atoms. The van der Waals surface area contributed by atoms with Crippen molar-refractivity contribution in [2.75, 3.05) is 0 Å². The molecule has 1 rings (SSSR count). The van der Waals surface area contributed by atoms with Crippen molar-refractivity contribution < 1.29 is 0 Å². The fourth-order valence-corrected chi connectivity index (χ4v) is 1.92. The van der Waals surface area contributed by atoms with Crippen LogP contribution < -0.4 is 0 Å². The molecule has 0 saturated heterocycles. The van der Waals surface area contributed by atoms with Gasteiger partial charge in [0.05, 0.1) is 0 Å². The Morgan fingerprint density at radius 1 is 0.875 bits per heavy atom. The molecular formula is C16H28. The summed E-state index contributed by atoms with van der Waals surface area (Å²) in [6.07, 6.45) is 1.25. The third-order valence-corrected chi connectivity index (χ3v) is 2.66. The van der Waals surface area contributed by atoms with Crippen LogP contribution in [-0.2, 0) is 0 Å². The molecule has 0 heterocycles. The molecule has 0 heteroatoms. The van der Waals surface area contributed by atoms with Crippen molar-refractivity contribution in [1.29, 1.82) is 0 Å². The molecule has 0 amide bonds. The summed E-state index contributed by atoms with van der Waals surface area (Å²) in [4.78, 5) is 0. The van der Waals surface area contributed by atoms with E-state index < -0.39 is 0 Å². The van der Waals surface area contributed by atoms with E-state index in [2.05, 4.69) is 66.7 Å². The van der Waals surface area contributed by atoms with Gasteiger partial charge in [-0.25, -0.2) is 0 Å². The van der Waals surface area contributed by atoms with Crippen molar-refractivity contribution in [1.82, 2.24) is 0 Å². The molecule has 0 aliphatic heterocycles. The highest BCUT2D eigenvalue weighted by atomic mass is 14.1. The van der Waals surface area contributed by atoms with Gasteiger partial charge >= 0.3 is 0 Å². The van der Waals surface area contributed by atoms with Crippen LogP contribution in [0.2, 0.25) is 0 Å². The number of benzene rings is 1. The molecule has 0 nitrogen and oxygen atoms in total. The Kier molecular flexibility index (Phi) is 7.12. The second-order valence-electron chi connectivity index (χ2n) is 5.08. The molecule has 0 N–H and O–H groups in total. The summed E-state index contributed by atoms with van der Waals surface area (Å²) in [6, 6.07) is 6.66. The lowest BCUT2D eigenvalue weighted by atomic mass is 9.90. The van der Waals surface area contributed by atoms with Gasteiger partial charge in [0.15, 0.2) is 0 Å². The second-order valence-corrected chi connectivity index (χ2v) is 5.08. The van der Waals surface area contributed by atoms with Crippen molar-refractivity contribution in [2.45, 2.75) is 66.7 Å². The predicted octanol–water partition coefficient (Wildman–Crippen LogP) is 5.66. The van der Waals surface area contributed by atoms with Crippen LogP contribution in [0.3, 0.4) is 0 Å². The molecule has 0 fully saturated rings. The van der Waals surface area contributed by atoms with Crippen LogP contribution in [0.1, 0.15) is 76.5 Å². The first-order chi connectivity index (χ1) is 7.45.